The van der Waals surface area contributed by atoms with E-state index >= 15 is 0 Å². The van der Waals surface area contributed by atoms with Gasteiger partial charge >= 0.3 is 0 Å². The highest BCUT2D eigenvalue weighted by atomic mass is 35.5. The van der Waals surface area contributed by atoms with Crippen LogP contribution in [0.3, 0.4) is 0 Å². The normalized spacial score (nSPS) is 13.2. The molecule has 4 heteroatoms. The molecule has 0 aliphatic heterocycles. The van der Waals surface area contributed by atoms with E-state index in [4.69, 9.17) is 11.6 Å². The number of nitrogens with zero attached hydrogens (tertiary/aromatic N) is 2. The van der Waals surface area contributed by atoms with Crippen molar-refractivity contribution >= 4 is 11.6 Å². The van der Waals surface area contributed by atoms with Gasteiger partial charge in [0.15, 0.2) is 0 Å². The molecule has 80 valence electrons. The standard InChI is InChI=1S/C10H18ClN3/c1-7(5-6-12-4)14-9(3)10(11)8(2)13-14/h7,12H,5-6H2,1-4H3. The highest BCUT2D eigenvalue weighted by Gasteiger charge is 2.13. The molecule has 0 spiro atoms. The van der Waals surface area contributed by atoms with E-state index in [1.165, 1.54) is 0 Å². The number of aryl methyl sites for hydroxylation is 1. The molecule has 1 N–H and O–H groups in total. The van der Waals surface area contributed by atoms with E-state index in [9.17, 15) is 0 Å². The lowest BCUT2D eigenvalue weighted by atomic mass is 10.2. The van der Waals surface area contributed by atoms with Crippen LogP contribution in [-0.2, 0) is 0 Å². The Labute approximate surface area is 90.4 Å². The molecule has 0 aliphatic rings. The van der Waals surface area contributed by atoms with Gasteiger partial charge in [-0.2, -0.15) is 5.10 Å². The molecule has 0 fully saturated rings. The summed E-state index contributed by atoms with van der Waals surface area (Å²) in [7, 11) is 1.96. The number of hydrogen-bond donors (Lipinski definition) is 1. The third-order valence-electron chi connectivity index (χ3n) is 2.47. The number of aromatic nitrogens is 2. The van der Waals surface area contributed by atoms with Crippen LogP contribution < -0.4 is 5.32 Å². The molecule has 1 rings (SSSR count). The van der Waals surface area contributed by atoms with Crippen LogP contribution in [0, 0.1) is 13.8 Å². The molecule has 1 aromatic rings. The highest BCUT2D eigenvalue weighted by molar-refractivity contribution is 6.31. The second kappa shape index (κ2) is 4.80. The monoisotopic (exact) mass is 215 g/mol. The summed E-state index contributed by atoms with van der Waals surface area (Å²) in [5, 5.41) is 8.35. The summed E-state index contributed by atoms with van der Waals surface area (Å²) in [5.74, 6) is 0. The Morgan fingerprint density at radius 2 is 2.14 bits per heavy atom. The molecule has 1 atom stereocenters. The van der Waals surface area contributed by atoms with Crippen LogP contribution in [0.25, 0.3) is 0 Å². The first-order valence-electron chi connectivity index (χ1n) is 4.93. The minimum Gasteiger partial charge on any atom is -0.320 e. The van der Waals surface area contributed by atoms with Crippen molar-refractivity contribution in [2.45, 2.75) is 33.2 Å². The van der Waals surface area contributed by atoms with Crippen LogP contribution in [0.4, 0.5) is 0 Å². The molecule has 1 unspecified atom stereocenters. The highest BCUT2D eigenvalue weighted by Crippen LogP contribution is 2.22. The van der Waals surface area contributed by atoms with Gasteiger partial charge in [0.05, 0.1) is 22.5 Å². The number of rotatable bonds is 4. The molecule has 0 aromatic carbocycles. The molecule has 1 heterocycles. The maximum Gasteiger partial charge on any atom is 0.0844 e. The summed E-state index contributed by atoms with van der Waals surface area (Å²) in [5.41, 5.74) is 1.98. The number of halogens is 1. The zero-order valence-electron chi connectivity index (χ0n) is 9.26. The molecule has 0 amide bonds. The molecule has 0 radical (unpaired) electrons. The number of nitrogens with one attached hydrogen (secondary N) is 1. The minimum atomic E-state index is 0.397. The van der Waals surface area contributed by atoms with Crippen LogP contribution >= 0.6 is 11.6 Å². The fourth-order valence-electron chi connectivity index (χ4n) is 1.55. The second-order valence-electron chi connectivity index (χ2n) is 3.67. The van der Waals surface area contributed by atoms with Crippen molar-refractivity contribution < 1.29 is 0 Å². The zero-order valence-corrected chi connectivity index (χ0v) is 10.0. The lowest BCUT2D eigenvalue weighted by molar-refractivity contribution is 0.442. The molecule has 3 nitrogen and oxygen atoms in total. The van der Waals surface area contributed by atoms with Crippen LogP contribution in [0.5, 0.6) is 0 Å². The van der Waals surface area contributed by atoms with E-state index in [2.05, 4.69) is 17.3 Å². The molecular weight excluding hydrogens is 198 g/mol. The fraction of sp³-hybridized carbons (Fsp3) is 0.700. The summed E-state index contributed by atoms with van der Waals surface area (Å²) in [6.07, 6.45) is 1.06. The fourth-order valence-corrected chi connectivity index (χ4v) is 1.67. The van der Waals surface area contributed by atoms with E-state index in [0.717, 1.165) is 29.4 Å². The van der Waals surface area contributed by atoms with Crippen LogP contribution in [-0.4, -0.2) is 23.4 Å². The first-order valence-corrected chi connectivity index (χ1v) is 5.31. The average Bonchev–Trinajstić information content (AvgIpc) is 2.42. The van der Waals surface area contributed by atoms with E-state index in [1.807, 2.05) is 25.6 Å². The second-order valence-corrected chi connectivity index (χ2v) is 4.05. The van der Waals surface area contributed by atoms with Crippen LogP contribution in [0.2, 0.25) is 5.02 Å². The van der Waals surface area contributed by atoms with E-state index in [1.54, 1.807) is 0 Å². The molecular formula is C10H18ClN3. The largest absolute Gasteiger partial charge is 0.320 e. The first kappa shape index (κ1) is 11.5. The molecule has 0 saturated carbocycles. The predicted molar refractivity (Wildman–Crippen MR) is 60.0 cm³/mol. The van der Waals surface area contributed by atoms with Gasteiger partial charge < -0.3 is 5.32 Å². The number of hydrogen-bond acceptors (Lipinski definition) is 2. The Morgan fingerprint density at radius 3 is 2.57 bits per heavy atom. The Hall–Kier alpha value is -0.540. The Balaban J connectivity index is 2.79. The third-order valence-corrected chi connectivity index (χ3v) is 3.01. The zero-order chi connectivity index (χ0) is 10.7. The van der Waals surface area contributed by atoms with Gasteiger partial charge in [-0.3, -0.25) is 4.68 Å². The Bertz CT molecular complexity index is 307. The van der Waals surface area contributed by atoms with Gasteiger partial charge in [0.1, 0.15) is 0 Å². The molecule has 0 bridgehead atoms. The van der Waals surface area contributed by atoms with Crippen molar-refractivity contribution in [3.05, 3.63) is 16.4 Å². The summed E-state index contributed by atoms with van der Waals surface area (Å²) in [4.78, 5) is 0. The maximum absolute atomic E-state index is 6.08. The van der Waals surface area contributed by atoms with Crippen molar-refractivity contribution in [2.75, 3.05) is 13.6 Å². The van der Waals surface area contributed by atoms with Crippen LogP contribution in [0.1, 0.15) is 30.8 Å². The summed E-state index contributed by atoms with van der Waals surface area (Å²) in [6.45, 7) is 7.11. The van der Waals surface area contributed by atoms with Gasteiger partial charge in [0.2, 0.25) is 0 Å². The summed E-state index contributed by atoms with van der Waals surface area (Å²) in [6, 6.07) is 0.397. The molecule has 1 aromatic heterocycles. The third kappa shape index (κ3) is 2.28. The van der Waals surface area contributed by atoms with E-state index < -0.39 is 0 Å². The maximum atomic E-state index is 6.08. The summed E-state index contributed by atoms with van der Waals surface area (Å²) < 4.78 is 2.01. The van der Waals surface area contributed by atoms with Gasteiger partial charge in [-0.05, 0) is 40.8 Å². The van der Waals surface area contributed by atoms with Crippen molar-refractivity contribution in [2.24, 2.45) is 0 Å². The Kier molecular flexibility index (Phi) is 3.96. The van der Waals surface area contributed by atoms with Crippen molar-refractivity contribution in [1.29, 1.82) is 0 Å². The van der Waals surface area contributed by atoms with Crippen molar-refractivity contribution in [3.63, 3.8) is 0 Å². The Morgan fingerprint density at radius 1 is 1.50 bits per heavy atom. The van der Waals surface area contributed by atoms with Gasteiger partial charge in [0, 0.05) is 0 Å². The quantitative estimate of drug-likeness (QED) is 0.836. The van der Waals surface area contributed by atoms with Gasteiger partial charge in [-0.1, -0.05) is 11.6 Å². The van der Waals surface area contributed by atoms with Crippen molar-refractivity contribution in [1.82, 2.24) is 15.1 Å². The molecule has 0 aliphatic carbocycles. The minimum absolute atomic E-state index is 0.397. The van der Waals surface area contributed by atoms with Gasteiger partial charge in [-0.15, -0.1) is 0 Å². The van der Waals surface area contributed by atoms with E-state index in [0.29, 0.717) is 6.04 Å². The van der Waals surface area contributed by atoms with Gasteiger partial charge in [0.25, 0.3) is 0 Å². The topological polar surface area (TPSA) is 29.9 Å². The lowest BCUT2D eigenvalue weighted by Gasteiger charge is -2.13. The van der Waals surface area contributed by atoms with Crippen LogP contribution in [0.15, 0.2) is 0 Å². The van der Waals surface area contributed by atoms with Crippen molar-refractivity contribution in [3.8, 4) is 0 Å². The van der Waals surface area contributed by atoms with Gasteiger partial charge in [-0.25, -0.2) is 0 Å². The average molecular weight is 216 g/mol. The predicted octanol–water partition coefficient (Wildman–Crippen LogP) is 2.32. The molecule has 14 heavy (non-hydrogen) atoms. The first-order chi connectivity index (χ1) is 6.57. The lowest BCUT2D eigenvalue weighted by Crippen LogP contribution is -2.16. The SMILES string of the molecule is CNCCC(C)n1nc(C)c(Cl)c1C. The summed E-state index contributed by atoms with van der Waals surface area (Å²) >= 11 is 6.08. The molecule has 0 saturated heterocycles. The van der Waals surface area contributed by atoms with E-state index in [-0.39, 0.29) is 0 Å². The smallest absolute Gasteiger partial charge is 0.0844 e.